The highest BCUT2D eigenvalue weighted by atomic mass is 16.5. The number of carbonyl (C=O) groups excluding carboxylic acids is 2. The number of hydrogen-bond acceptors (Lipinski definition) is 5. The monoisotopic (exact) mass is 316 g/mol. The number of rotatable bonds is 5. The Kier molecular flexibility index (Phi) is 5.14. The van der Waals surface area contributed by atoms with E-state index in [0.29, 0.717) is 16.2 Å². The van der Waals surface area contributed by atoms with Crippen molar-refractivity contribution in [2.75, 3.05) is 12.4 Å². The van der Waals surface area contributed by atoms with Gasteiger partial charge in [0.15, 0.2) is 18.5 Å². The van der Waals surface area contributed by atoms with Crippen molar-refractivity contribution in [1.29, 1.82) is 0 Å². The molecule has 7 heteroatoms. The molecule has 0 aliphatic rings. The minimum absolute atomic E-state index is 0.189. The van der Waals surface area contributed by atoms with Gasteiger partial charge in [-0.05, 0) is 19.1 Å². The molecule has 1 N–H and O–H groups in total. The fraction of sp³-hybridized carbons (Fsp3) is 0.188. The van der Waals surface area contributed by atoms with Gasteiger partial charge in [-0.25, -0.2) is 4.79 Å². The van der Waals surface area contributed by atoms with Gasteiger partial charge in [-0.3, -0.25) is 4.79 Å². The fourth-order valence-corrected chi connectivity index (χ4v) is 1.81. The van der Waals surface area contributed by atoms with Gasteiger partial charge in [0.05, 0.1) is 18.4 Å². The van der Waals surface area contributed by atoms with Crippen LogP contribution in [0.2, 0.25) is 0 Å². The molecule has 0 radical (unpaired) electrons. The average Bonchev–Trinajstić information content (AvgIpc) is 2.55. The summed E-state index contributed by atoms with van der Waals surface area (Å²) in [5, 5.41) is 13.6. The van der Waals surface area contributed by atoms with E-state index in [2.05, 4.69) is 5.32 Å². The van der Waals surface area contributed by atoms with Crippen LogP contribution in [0.1, 0.15) is 17.3 Å². The van der Waals surface area contributed by atoms with Crippen molar-refractivity contribution < 1.29 is 23.8 Å². The largest absolute Gasteiger partial charge is 0.619 e. The number of ether oxygens (including phenoxy) is 2. The number of esters is 1. The van der Waals surface area contributed by atoms with E-state index in [4.69, 9.17) is 9.47 Å². The van der Waals surface area contributed by atoms with Gasteiger partial charge in [0.1, 0.15) is 5.75 Å². The van der Waals surface area contributed by atoms with Crippen molar-refractivity contribution in [3.05, 3.63) is 59.6 Å². The molecule has 23 heavy (non-hydrogen) atoms. The molecule has 2 rings (SSSR count). The van der Waals surface area contributed by atoms with E-state index < -0.39 is 18.0 Å². The van der Waals surface area contributed by atoms with Crippen molar-refractivity contribution in [3.63, 3.8) is 0 Å². The lowest BCUT2D eigenvalue weighted by molar-refractivity contribution is -0.605. The number of methoxy groups -OCH3 is 1. The van der Waals surface area contributed by atoms with E-state index in [9.17, 15) is 14.8 Å². The number of benzene rings is 1. The highest BCUT2D eigenvalue weighted by molar-refractivity contribution is 5.98. The van der Waals surface area contributed by atoms with Gasteiger partial charge in [-0.15, -0.1) is 0 Å². The molecular weight excluding hydrogens is 300 g/mol. The van der Waals surface area contributed by atoms with E-state index in [-0.39, 0.29) is 5.56 Å². The maximum atomic E-state index is 12.1. The highest BCUT2D eigenvalue weighted by Crippen LogP contribution is 2.23. The summed E-state index contributed by atoms with van der Waals surface area (Å²) >= 11 is 0. The van der Waals surface area contributed by atoms with E-state index in [1.54, 1.807) is 24.3 Å². The summed E-state index contributed by atoms with van der Waals surface area (Å²) in [6.45, 7) is 1.46. The topological polar surface area (TPSA) is 91.6 Å². The molecule has 1 aromatic carbocycles. The van der Waals surface area contributed by atoms with Gasteiger partial charge < -0.3 is 20.0 Å². The second kappa shape index (κ2) is 7.26. The average molecular weight is 316 g/mol. The molecule has 0 aliphatic carbocycles. The first-order chi connectivity index (χ1) is 11.0. The molecule has 0 saturated heterocycles. The quantitative estimate of drug-likeness (QED) is 0.513. The zero-order chi connectivity index (χ0) is 16.8. The van der Waals surface area contributed by atoms with Crippen LogP contribution < -0.4 is 14.8 Å². The lowest BCUT2D eigenvalue weighted by Gasteiger charge is -2.15. The molecule has 0 spiro atoms. The van der Waals surface area contributed by atoms with Crippen LogP contribution in [0, 0.1) is 5.21 Å². The first kappa shape index (κ1) is 16.3. The summed E-state index contributed by atoms with van der Waals surface area (Å²) in [5.74, 6) is -0.673. The Hall–Kier alpha value is -3.09. The summed E-state index contributed by atoms with van der Waals surface area (Å²) in [5.41, 5.74) is 0.670. The molecular formula is C16H16N2O5. The second-order valence-corrected chi connectivity index (χ2v) is 4.68. The molecule has 120 valence electrons. The Morgan fingerprint density at radius 3 is 2.48 bits per heavy atom. The maximum Gasteiger partial charge on any atom is 0.339 e. The van der Waals surface area contributed by atoms with E-state index in [1.165, 1.54) is 38.6 Å². The Morgan fingerprint density at radius 1 is 1.17 bits per heavy atom. The minimum Gasteiger partial charge on any atom is -0.619 e. The molecule has 1 aromatic heterocycles. The highest BCUT2D eigenvalue weighted by Gasteiger charge is 2.20. The standard InChI is InChI=1S/C16H16N2O5/c1-11(23-16(20)12-7-9-18(21)10-8-12)15(19)17-13-5-3-4-6-14(13)22-2/h3-11H,1-2H3,(H,17,19)/t11-/m1/s1. The Morgan fingerprint density at radius 2 is 1.83 bits per heavy atom. The zero-order valence-electron chi connectivity index (χ0n) is 12.7. The molecule has 7 nitrogen and oxygen atoms in total. The first-order valence-electron chi connectivity index (χ1n) is 6.85. The van der Waals surface area contributed by atoms with Crippen LogP contribution in [-0.2, 0) is 9.53 Å². The lowest BCUT2D eigenvalue weighted by Crippen LogP contribution is -2.30. The van der Waals surface area contributed by atoms with Gasteiger partial charge >= 0.3 is 5.97 Å². The third-order valence-electron chi connectivity index (χ3n) is 3.06. The molecule has 0 fully saturated rings. The molecule has 0 aliphatic heterocycles. The van der Waals surface area contributed by atoms with Crippen LogP contribution in [0.15, 0.2) is 48.8 Å². The number of amides is 1. The smallest absolute Gasteiger partial charge is 0.339 e. The maximum absolute atomic E-state index is 12.1. The summed E-state index contributed by atoms with van der Waals surface area (Å²) in [6, 6.07) is 9.54. The van der Waals surface area contributed by atoms with Crippen LogP contribution in [0.4, 0.5) is 5.69 Å². The van der Waals surface area contributed by atoms with Crippen LogP contribution in [0.3, 0.4) is 0 Å². The van der Waals surface area contributed by atoms with Crippen molar-refractivity contribution in [1.82, 2.24) is 0 Å². The number of anilines is 1. The molecule has 2 aromatic rings. The second-order valence-electron chi connectivity index (χ2n) is 4.68. The van der Waals surface area contributed by atoms with E-state index >= 15 is 0 Å². The van der Waals surface area contributed by atoms with Gasteiger partial charge in [-0.1, -0.05) is 12.1 Å². The van der Waals surface area contributed by atoms with Gasteiger partial charge in [0.2, 0.25) is 0 Å². The number of pyridine rings is 1. The molecule has 1 atom stereocenters. The number of para-hydroxylation sites is 2. The van der Waals surface area contributed by atoms with Crippen molar-refractivity contribution in [3.8, 4) is 5.75 Å². The van der Waals surface area contributed by atoms with Gasteiger partial charge in [-0.2, -0.15) is 4.73 Å². The van der Waals surface area contributed by atoms with Crippen LogP contribution >= 0.6 is 0 Å². The molecule has 1 heterocycles. The minimum atomic E-state index is -1.01. The van der Waals surface area contributed by atoms with Crippen LogP contribution in [0.25, 0.3) is 0 Å². The zero-order valence-corrected chi connectivity index (χ0v) is 12.7. The van der Waals surface area contributed by atoms with E-state index in [1.807, 2.05) is 0 Å². The molecule has 0 unspecified atom stereocenters. The molecule has 1 amide bonds. The summed E-state index contributed by atoms with van der Waals surface area (Å²) in [4.78, 5) is 24.0. The summed E-state index contributed by atoms with van der Waals surface area (Å²) < 4.78 is 10.8. The third kappa shape index (κ3) is 4.19. The van der Waals surface area contributed by atoms with E-state index in [0.717, 1.165) is 0 Å². The lowest BCUT2D eigenvalue weighted by atomic mass is 10.2. The molecule has 0 saturated carbocycles. The van der Waals surface area contributed by atoms with Crippen molar-refractivity contribution in [2.45, 2.75) is 13.0 Å². The first-order valence-corrected chi connectivity index (χ1v) is 6.85. The predicted molar refractivity (Wildman–Crippen MR) is 81.9 cm³/mol. The van der Waals surface area contributed by atoms with Crippen LogP contribution in [-0.4, -0.2) is 25.1 Å². The number of nitrogens with one attached hydrogen (secondary N) is 1. The van der Waals surface area contributed by atoms with Crippen molar-refractivity contribution >= 4 is 17.6 Å². The molecule has 0 bridgehead atoms. The van der Waals surface area contributed by atoms with Crippen molar-refractivity contribution in [2.24, 2.45) is 0 Å². The fourth-order valence-electron chi connectivity index (χ4n) is 1.81. The number of aromatic nitrogens is 1. The Balaban J connectivity index is 1.99. The van der Waals surface area contributed by atoms with Crippen LogP contribution in [0.5, 0.6) is 5.75 Å². The Bertz CT molecular complexity index is 700. The summed E-state index contributed by atoms with van der Waals surface area (Å²) in [7, 11) is 1.49. The number of nitrogens with zero attached hydrogens (tertiary/aromatic N) is 1. The normalized spacial score (nSPS) is 11.4. The predicted octanol–water partition coefficient (Wildman–Crippen LogP) is 1.51. The van der Waals surface area contributed by atoms with Gasteiger partial charge in [0.25, 0.3) is 5.91 Å². The number of carbonyl (C=O) groups is 2. The Labute approximate surface area is 133 Å². The number of hydrogen-bond donors (Lipinski definition) is 1. The summed E-state index contributed by atoms with van der Waals surface area (Å²) in [6.07, 6.45) is 1.35. The third-order valence-corrected chi connectivity index (χ3v) is 3.06. The SMILES string of the molecule is COc1ccccc1NC(=O)[C@@H](C)OC(=O)c1cc[n+]([O-])cc1. The van der Waals surface area contributed by atoms with Gasteiger partial charge in [0, 0.05) is 12.1 Å².